The van der Waals surface area contributed by atoms with Crippen molar-refractivity contribution < 1.29 is 9.47 Å². The second-order valence-electron chi connectivity index (χ2n) is 7.00. The molecule has 27 heavy (non-hydrogen) atoms. The summed E-state index contributed by atoms with van der Waals surface area (Å²) in [4.78, 5) is 7.41. The number of anilines is 1. The first kappa shape index (κ1) is 17.7. The van der Waals surface area contributed by atoms with Gasteiger partial charge < -0.3 is 19.6 Å². The van der Waals surface area contributed by atoms with E-state index in [9.17, 15) is 0 Å². The summed E-state index contributed by atoms with van der Waals surface area (Å²) in [5.41, 5.74) is 10.8. The van der Waals surface area contributed by atoms with Crippen LogP contribution >= 0.6 is 0 Å². The summed E-state index contributed by atoms with van der Waals surface area (Å²) in [6, 6.07) is 9.82. The summed E-state index contributed by atoms with van der Waals surface area (Å²) >= 11 is 0. The Kier molecular flexibility index (Phi) is 4.90. The molecule has 0 saturated carbocycles. The molecular formula is C21H26N4O2. The van der Waals surface area contributed by atoms with Gasteiger partial charge in [0.05, 0.1) is 25.6 Å². The van der Waals surface area contributed by atoms with Crippen LogP contribution in [0.1, 0.15) is 25.0 Å². The Labute approximate surface area is 159 Å². The Morgan fingerprint density at radius 1 is 1.00 bits per heavy atom. The number of rotatable bonds is 5. The number of nitrogens with two attached hydrogens (primary N) is 1. The zero-order valence-electron chi connectivity index (χ0n) is 15.9. The molecule has 2 aromatic heterocycles. The standard InChI is InChI=1S/C21H26N4O2/c1-26-18-8-6-15(12-19(18)27-2)21-17(14-24-10-4-3-5-11-24)25-13-16(22)7-9-20(25)23-21/h6-9,12-13H,3-5,10-11,14,22H2,1-2H3. The quantitative estimate of drug-likeness (QED) is 0.748. The van der Waals surface area contributed by atoms with Crippen LogP contribution in [-0.2, 0) is 6.54 Å². The van der Waals surface area contributed by atoms with Crippen LogP contribution in [0.2, 0.25) is 0 Å². The SMILES string of the molecule is COc1ccc(-c2nc3ccc(N)cn3c2CN2CCCCC2)cc1OC. The summed E-state index contributed by atoms with van der Waals surface area (Å²) in [5, 5.41) is 0. The lowest BCUT2D eigenvalue weighted by atomic mass is 10.1. The predicted molar refractivity (Wildman–Crippen MR) is 107 cm³/mol. The number of likely N-dealkylation sites (tertiary alicyclic amines) is 1. The average molecular weight is 366 g/mol. The minimum absolute atomic E-state index is 0.704. The number of fused-ring (bicyclic) bond motifs is 1. The van der Waals surface area contributed by atoms with Gasteiger partial charge in [-0.05, 0) is 56.3 Å². The number of ether oxygens (including phenoxy) is 2. The smallest absolute Gasteiger partial charge is 0.161 e. The molecule has 0 spiro atoms. The minimum Gasteiger partial charge on any atom is -0.493 e. The molecule has 1 fully saturated rings. The van der Waals surface area contributed by atoms with Crippen molar-refractivity contribution in [3.63, 3.8) is 0 Å². The lowest BCUT2D eigenvalue weighted by Gasteiger charge is -2.26. The van der Waals surface area contributed by atoms with Gasteiger partial charge in [0.1, 0.15) is 5.65 Å². The molecule has 142 valence electrons. The summed E-state index contributed by atoms with van der Waals surface area (Å²) in [7, 11) is 3.30. The van der Waals surface area contributed by atoms with E-state index in [0.717, 1.165) is 47.9 Å². The monoisotopic (exact) mass is 366 g/mol. The average Bonchev–Trinajstić information content (AvgIpc) is 3.06. The third-order valence-electron chi connectivity index (χ3n) is 5.22. The van der Waals surface area contributed by atoms with Crippen LogP contribution in [-0.4, -0.2) is 41.6 Å². The van der Waals surface area contributed by atoms with Crippen LogP contribution < -0.4 is 15.2 Å². The molecular weight excluding hydrogens is 340 g/mol. The maximum Gasteiger partial charge on any atom is 0.161 e. The van der Waals surface area contributed by atoms with Crippen molar-refractivity contribution in [2.24, 2.45) is 0 Å². The Bertz CT molecular complexity index is 945. The highest BCUT2D eigenvalue weighted by Crippen LogP contribution is 2.34. The molecule has 1 aromatic carbocycles. The number of imidazole rings is 1. The van der Waals surface area contributed by atoms with Crippen molar-refractivity contribution in [3.05, 3.63) is 42.2 Å². The van der Waals surface area contributed by atoms with E-state index in [2.05, 4.69) is 9.30 Å². The zero-order chi connectivity index (χ0) is 18.8. The number of hydrogen-bond donors (Lipinski definition) is 1. The summed E-state index contributed by atoms with van der Waals surface area (Å²) < 4.78 is 13.0. The largest absolute Gasteiger partial charge is 0.493 e. The van der Waals surface area contributed by atoms with Crippen LogP contribution in [0.5, 0.6) is 11.5 Å². The first-order valence-electron chi connectivity index (χ1n) is 9.41. The van der Waals surface area contributed by atoms with Crippen LogP contribution in [0.4, 0.5) is 5.69 Å². The second kappa shape index (κ2) is 7.48. The van der Waals surface area contributed by atoms with E-state index < -0.39 is 0 Å². The van der Waals surface area contributed by atoms with Gasteiger partial charge in [0, 0.05) is 24.0 Å². The lowest BCUT2D eigenvalue weighted by molar-refractivity contribution is 0.218. The van der Waals surface area contributed by atoms with Gasteiger partial charge in [-0.15, -0.1) is 0 Å². The summed E-state index contributed by atoms with van der Waals surface area (Å²) in [5.74, 6) is 1.42. The first-order valence-corrected chi connectivity index (χ1v) is 9.41. The van der Waals surface area contributed by atoms with Gasteiger partial charge in [-0.3, -0.25) is 4.90 Å². The highest BCUT2D eigenvalue weighted by atomic mass is 16.5. The molecule has 0 bridgehead atoms. The number of piperidine rings is 1. The number of aromatic nitrogens is 2. The van der Waals surface area contributed by atoms with Crippen molar-refractivity contribution in [3.8, 4) is 22.8 Å². The van der Waals surface area contributed by atoms with Crippen LogP contribution in [0.3, 0.4) is 0 Å². The molecule has 0 aliphatic carbocycles. The van der Waals surface area contributed by atoms with Gasteiger partial charge in [0.2, 0.25) is 0 Å². The van der Waals surface area contributed by atoms with E-state index in [-0.39, 0.29) is 0 Å². The highest BCUT2D eigenvalue weighted by molar-refractivity contribution is 5.70. The number of pyridine rings is 1. The van der Waals surface area contributed by atoms with Crippen LogP contribution in [0.15, 0.2) is 36.5 Å². The maximum atomic E-state index is 6.06. The number of benzene rings is 1. The maximum absolute atomic E-state index is 6.06. The molecule has 1 saturated heterocycles. The molecule has 4 rings (SSSR count). The summed E-state index contributed by atoms with van der Waals surface area (Å²) in [6.45, 7) is 3.11. The van der Waals surface area contributed by atoms with E-state index >= 15 is 0 Å². The van der Waals surface area contributed by atoms with E-state index in [1.165, 1.54) is 19.3 Å². The number of hydrogen-bond acceptors (Lipinski definition) is 5. The number of nitrogen functional groups attached to an aromatic ring is 1. The third kappa shape index (κ3) is 3.45. The fourth-order valence-corrected chi connectivity index (χ4v) is 3.80. The topological polar surface area (TPSA) is 65.0 Å². The van der Waals surface area contributed by atoms with Crippen LogP contribution in [0, 0.1) is 0 Å². The third-order valence-corrected chi connectivity index (χ3v) is 5.22. The van der Waals surface area contributed by atoms with E-state index in [0.29, 0.717) is 11.5 Å². The van der Waals surface area contributed by atoms with Gasteiger partial charge in [-0.1, -0.05) is 6.42 Å². The van der Waals surface area contributed by atoms with Crippen LogP contribution in [0.25, 0.3) is 16.9 Å². The highest BCUT2D eigenvalue weighted by Gasteiger charge is 2.20. The van der Waals surface area contributed by atoms with Gasteiger partial charge >= 0.3 is 0 Å². The normalized spacial score (nSPS) is 15.2. The molecule has 3 aromatic rings. The molecule has 0 radical (unpaired) electrons. The van der Waals surface area contributed by atoms with Crippen molar-refractivity contribution in [1.29, 1.82) is 0 Å². The first-order chi connectivity index (χ1) is 13.2. The van der Waals surface area contributed by atoms with Crippen molar-refractivity contribution in [1.82, 2.24) is 14.3 Å². The second-order valence-corrected chi connectivity index (χ2v) is 7.00. The van der Waals surface area contributed by atoms with E-state index in [4.69, 9.17) is 20.2 Å². The molecule has 3 heterocycles. The Morgan fingerprint density at radius 2 is 1.78 bits per heavy atom. The Balaban J connectivity index is 1.82. The summed E-state index contributed by atoms with van der Waals surface area (Å²) in [6.07, 6.45) is 5.79. The van der Waals surface area contributed by atoms with Crippen molar-refractivity contribution in [2.45, 2.75) is 25.8 Å². The fourth-order valence-electron chi connectivity index (χ4n) is 3.80. The molecule has 6 heteroatoms. The van der Waals surface area contributed by atoms with Crippen molar-refractivity contribution in [2.75, 3.05) is 33.0 Å². The minimum atomic E-state index is 0.704. The zero-order valence-corrected chi connectivity index (χ0v) is 15.9. The Hall–Kier alpha value is -2.73. The van der Waals surface area contributed by atoms with E-state index in [1.807, 2.05) is 36.5 Å². The molecule has 2 N–H and O–H groups in total. The molecule has 0 atom stereocenters. The lowest BCUT2D eigenvalue weighted by Crippen LogP contribution is -2.29. The fraction of sp³-hybridized carbons (Fsp3) is 0.381. The van der Waals surface area contributed by atoms with Gasteiger partial charge in [-0.2, -0.15) is 0 Å². The van der Waals surface area contributed by atoms with Crippen molar-refractivity contribution >= 4 is 11.3 Å². The van der Waals surface area contributed by atoms with Gasteiger partial charge in [0.15, 0.2) is 11.5 Å². The van der Waals surface area contributed by atoms with E-state index in [1.54, 1.807) is 14.2 Å². The molecule has 0 unspecified atom stereocenters. The molecule has 1 aliphatic heterocycles. The molecule has 1 aliphatic rings. The number of nitrogens with zero attached hydrogens (tertiary/aromatic N) is 3. The predicted octanol–water partition coefficient (Wildman–Crippen LogP) is 3.59. The van der Waals surface area contributed by atoms with Gasteiger partial charge in [0.25, 0.3) is 0 Å². The van der Waals surface area contributed by atoms with Gasteiger partial charge in [-0.25, -0.2) is 4.98 Å². The molecule has 6 nitrogen and oxygen atoms in total. The molecule has 0 amide bonds. The Morgan fingerprint density at radius 3 is 2.52 bits per heavy atom. The number of methoxy groups -OCH3 is 2.